The fourth-order valence-corrected chi connectivity index (χ4v) is 3.41. The molecule has 0 heterocycles. The lowest BCUT2D eigenvalue weighted by Crippen LogP contribution is -2.26. The van der Waals surface area contributed by atoms with Gasteiger partial charge >= 0.3 is 0 Å². The summed E-state index contributed by atoms with van der Waals surface area (Å²) in [6.45, 7) is 0. The highest BCUT2D eigenvalue weighted by atomic mass is 35.5. The number of halogens is 1. The van der Waals surface area contributed by atoms with E-state index in [1.54, 1.807) is 0 Å². The van der Waals surface area contributed by atoms with Gasteiger partial charge in [-0.1, -0.05) is 54.1 Å². The molecule has 3 atom stereocenters. The van der Waals surface area contributed by atoms with Gasteiger partial charge in [0, 0.05) is 23.0 Å². The zero-order valence-electron chi connectivity index (χ0n) is 12.0. The van der Waals surface area contributed by atoms with Crippen molar-refractivity contribution in [3.63, 3.8) is 0 Å². The van der Waals surface area contributed by atoms with Crippen LogP contribution >= 0.6 is 11.6 Å². The van der Waals surface area contributed by atoms with Crippen LogP contribution in [0.15, 0.2) is 54.6 Å². The molecule has 2 fully saturated rings. The van der Waals surface area contributed by atoms with E-state index < -0.39 is 0 Å². The minimum Gasteiger partial charge on any atom is -0.306 e. The Morgan fingerprint density at radius 1 is 0.952 bits per heavy atom. The quantitative estimate of drug-likeness (QED) is 0.824. The van der Waals surface area contributed by atoms with Gasteiger partial charge < -0.3 is 5.32 Å². The zero-order valence-corrected chi connectivity index (χ0v) is 12.8. The molecule has 0 bridgehead atoms. The van der Waals surface area contributed by atoms with Crippen LogP contribution in [0.1, 0.15) is 42.3 Å². The first-order valence-corrected chi connectivity index (χ1v) is 8.25. The van der Waals surface area contributed by atoms with E-state index in [1.807, 2.05) is 12.1 Å². The molecule has 0 radical (unpaired) electrons. The highest BCUT2D eigenvalue weighted by molar-refractivity contribution is 6.30. The number of rotatable bonds is 5. The SMILES string of the molecule is Clc1ccc(C(NC2CC2c2ccccc2)C2CC2)cc1. The second-order valence-corrected chi connectivity index (χ2v) is 6.83. The molecule has 1 nitrogen and oxygen atoms in total. The van der Waals surface area contributed by atoms with Crippen molar-refractivity contribution in [1.82, 2.24) is 5.32 Å². The lowest BCUT2D eigenvalue weighted by Gasteiger charge is -2.19. The van der Waals surface area contributed by atoms with Gasteiger partial charge in [-0.05, 0) is 48.4 Å². The number of benzene rings is 2. The minimum atomic E-state index is 0.501. The molecule has 0 spiro atoms. The average molecular weight is 298 g/mol. The van der Waals surface area contributed by atoms with E-state index in [0.29, 0.717) is 18.0 Å². The van der Waals surface area contributed by atoms with E-state index in [-0.39, 0.29) is 0 Å². The molecule has 2 heteroatoms. The summed E-state index contributed by atoms with van der Waals surface area (Å²) in [7, 11) is 0. The third kappa shape index (κ3) is 3.00. The maximum atomic E-state index is 6.01. The van der Waals surface area contributed by atoms with Crippen molar-refractivity contribution in [2.24, 2.45) is 5.92 Å². The standard InChI is InChI=1S/C19H20ClN/c20-16-10-8-15(9-11-16)19(14-6-7-14)21-18-12-17(18)13-4-2-1-3-5-13/h1-5,8-11,14,17-19,21H,6-7,12H2. The minimum absolute atomic E-state index is 0.501. The van der Waals surface area contributed by atoms with Crippen LogP contribution in [0.4, 0.5) is 0 Å². The van der Waals surface area contributed by atoms with Gasteiger partial charge in [0.2, 0.25) is 0 Å². The van der Waals surface area contributed by atoms with E-state index in [1.165, 1.54) is 30.4 Å². The smallest absolute Gasteiger partial charge is 0.0406 e. The van der Waals surface area contributed by atoms with E-state index in [0.717, 1.165) is 10.9 Å². The van der Waals surface area contributed by atoms with Crippen LogP contribution in [-0.2, 0) is 0 Å². The molecule has 0 aliphatic heterocycles. The Hall–Kier alpha value is -1.31. The highest BCUT2D eigenvalue weighted by Crippen LogP contribution is 2.47. The van der Waals surface area contributed by atoms with Crippen molar-refractivity contribution in [3.05, 3.63) is 70.7 Å². The summed E-state index contributed by atoms with van der Waals surface area (Å²) < 4.78 is 0. The van der Waals surface area contributed by atoms with E-state index >= 15 is 0 Å². The molecule has 21 heavy (non-hydrogen) atoms. The maximum absolute atomic E-state index is 6.01. The van der Waals surface area contributed by atoms with Gasteiger partial charge in [-0.25, -0.2) is 0 Å². The van der Waals surface area contributed by atoms with E-state index in [4.69, 9.17) is 11.6 Å². The lowest BCUT2D eigenvalue weighted by molar-refractivity contribution is 0.473. The molecule has 0 saturated heterocycles. The van der Waals surface area contributed by atoms with Gasteiger partial charge in [0.05, 0.1) is 0 Å². The summed E-state index contributed by atoms with van der Waals surface area (Å²) in [5, 5.41) is 4.72. The molecule has 4 rings (SSSR count). The van der Waals surface area contributed by atoms with Crippen molar-refractivity contribution >= 4 is 11.6 Å². The monoisotopic (exact) mass is 297 g/mol. The molecular formula is C19H20ClN. The summed E-state index contributed by atoms with van der Waals surface area (Å²) in [6, 6.07) is 20.4. The van der Waals surface area contributed by atoms with Gasteiger partial charge in [-0.3, -0.25) is 0 Å². The molecule has 2 aromatic rings. The summed E-state index contributed by atoms with van der Waals surface area (Å²) in [6.07, 6.45) is 3.97. The van der Waals surface area contributed by atoms with Crippen molar-refractivity contribution in [3.8, 4) is 0 Å². The molecule has 3 unspecified atom stereocenters. The summed E-state index contributed by atoms with van der Waals surface area (Å²) >= 11 is 6.01. The van der Waals surface area contributed by atoms with Crippen LogP contribution in [0.2, 0.25) is 5.02 Å². The van der Waals surface area contributed by atoms with Crippen LogP contribution in [0.25, 0.3) is 0 Å². The Labute approximate surface area is 131 Å². The summed E-state index contributed by atoms with van der Waals surface area (Å²) in [4.78, 5) is 0. The Bertz CT molecular complexity index is 603. The van der Waals surface area contributed by atoms with Crippen LogP contribution < -0.4 is 5.32 Å². The van der Waals surface area contributed by atoms with Crippen LogP contribution in [-0.4, -0.2) is 6.04 Å². The van der Waals surface area contributed by atoms with Gasteiger partial charge in [-0.2, -0.15) is 0 Å². The van der Waals surface area contributed by atoms with E-state index in [9.17, 15) is 0 Å². The highest BCUT2D eigenvalue weighted by Gasteiger charge is 2.42. The first kappa shape index (κ1) is 13.4. The molecule has 108 valence electrons. The number of nitrogens with one attached hydrogen (secondary N) is 1. The molecule has 2 aromatic carbocycles. The van der Waals surface area contributed by atoms with Gasteiger partial charge in [0.1, 0.15) is 0 Å². The fourth-order valence-electron chi connectivity index (χ4n) is 3.28. The largest absolute Gasteiger partial charge is 0.306 e. The Kier molecular flexibility index (Phi) is 3.48. The van der Waals surface area contributed by atoms with Gasteiger partial charge in [-0.15, -0.1) is 0 Å². The van der Waals surface area contributed by atoms with E-state index in [2.05, 4.69) is 47.8 Å². The van der Waals surface area contributed by atoms with Crippen molar-refractivity contribution in [2.75, 3.05) is 0 Å². The van der Waals surface area contributed by atoms with Crippen LogP contribution in [0, 0.1) is 5.92 Å². The Balaban J connectivity index is 1.46. The molecule has 0 amide bonds. The predicted octanol–water partition coefficient (Wildman–Crippen LogP) is 4.94. The molecule has 2 saturated carbocycles. The topological polar surface area (TPSA) is 12.0 Å². The maximum Gasteiger partial charge on any atom is 0.0406 e. The lowest BCUT2D eigenvalue weighted by atomic mass is 10.0. The third-order valence-electron chi connectivity index (χ3n) is 4.73. The second-order valence-electron chi connectivity index (χ2n) is 6.39. The molecule has 0 aromatic heterocycles. The van der Waals surface area contributed by atoms with Crippen molar-refractivity contribution in [1.29, 1.82) is 0 Å². The first-order valence-electron chi connectivity index (χ1n) is 7.88. The van der Waals surface area contributed by atoms with Gasteiger partial charge in [0.15, 0.2) is 0 Å². The Morgan fingerprint density at radius 3 is 2.33 bits per heavy atom. The summed E-state index contributed by atoms with van der Waals surface area (Å²) in [5.74, 6) is 1.50. The van der Waals surface area contributed by atoms with Crippen molar-refractivity contribution in [2.45, 2.75) is 37.3 Å². The van der Waals surface area contributed by atoms with Crippen LogP contribution in [0.3, 0.4) is 0 Å². The predicted molar refractivity (Wildman–Crippen MR) is 87.6 cm³/mol. The zero-order chi connectivity index (χ0) is 14.2. The second kappa shape index (κ2) is 5.47. The molecule has 2 aliphatic rings. The number of hydrogen-bond donors (Lipinski definition) is 1. The molecule has 2 aliphatic carbocycles. The van der Waals surface area contributed by atoms with Crippen molar-refractivity contribution < 1.29 is 0 Å². The van der Waals surface area contributed by atoms with Gasteiger partial charge in [0.25, 0.3) is 0 Å². The van der Waals surface area contributed by atoms with Crippen LogP contribution in [0.5, 0.6) is 0 Å². The Morgan fingerprint density at radius 2 is 1.67 bits per heavy atom. The summed E-state index contributed by atoms with van der Waals surface area (Å²) in [5.41, 5.74) is 2.86. The normalized spacial score (nSPS) is 25.6. The third-order valence-corrected chi connectivity index (χ3v) is 4.99. The molecular weight excluding hydrogens is 278 g/mol. The number of hydrogen-bond acceptors (Lipinski definition) is 1. The first-order chi connectivity index (χ1) is 10.3. The fraction of sp³-hybridized carbons (Fsp3) is 0.368. The molecule has 1 N–H and O–H groups in total. The average Bonchev–Trinajstić information content (AvgIpc) is 3.41.